The predicted molar refractivity (Wildman–Crippen MR) is 103 cm³/mol. The first-order valence-electron chi connectivity index (χ1n) is 8.55. The molecule has 0 aliphatic heterocycles. The molecular formula is C18H28N4OS. The molecule has 0 radical (unpaired) electrons. The average molecular weight is 349 g/mol. The minimum absolute atomic E-state index is 0.0695. The molecule has 24 heavy (non-hydrogen) atoms. The normalized spacial score (nSPS) is 20.7. The van der Waals surface area contributed by atoms with Crippen LogP contribution in [0.15, 0.2) is 29.3 Å². The van der Waals surface area contributed by atoms with Gasteiger partial charge >= 0.3 is 0 Å². The summed E-state index contributed by atoms with van der Waals surface area (Å²) >= 11 is 1.96. The zero-order chi connectivity index (χ0) is 17.4. The van der Waals surface area contributed by atoms with Crippen LogP contribution < -0.4 is 16.0 Å². The molecule has 1 fully saturated rings. The Hall–Kier alpha value is -1.69. The molecule has 1 aliphatic rings. The third-order valence-electron chi connectivity index (χ3n) is 4.24. The lowest BCUT2D eigenvalue weighted by Gasteiger charge is -2.17. The summed E-state index contributed by atoms with van der Waals surface area (Å²) in [6.07, 6.45) is 5.85. The van der Waals surface area contributed by atoms with Gasteiger partial charge in [0.1, 0.15) is 0 Å². The average Bonchev–Trinajstić information content (AvgIpc) is 3.07. The van der Waals surface area contributed by atoms with Crippen LogP contribution in [0, 0.1) is 0 Å². The van der Waals surface area contributed by atoms with E-state index in [0.717, 1.165) is 23.3 Å². The molecule has 132 valence electrons. The van der Waals surface area contributed by atoms with Gasteiger partial charge in [-0.2, -0.15) is 11.8 Å². The predicted octanol–water partition coefficient (Wildman–Crippen LogP) is 2.39. The van der Waals surface area contributed by atoms with Gasteiger partial charge in [-0.15, -0.1) is 0 Å². The van der Waals surface area contributed by atoms with Crippen LogP contribution in [0.1, 0.15) is 42.1 Å². The molecular weight excluding hydrogens is 320 g/mol. The second-order valence-corrected chi connectivity index (χ2v) is 7.12. The number of benzene rings is 1. The molecule has 1 amide bonds. The van der Waals surface area contributed by atoms with Gasteiger partial charge in [0.15, 0.2) is 5.96 Å². The summed E-state index contributed by atoms with van der Waals surface area (Å²) in [5.41, 5.74) is 1.70. The number of rotatable bonds is 6. The van der Waals surface area contributed by atoms with Crippen LogP contribution >= 0.6 is 11.8 Å². The van der Waals surface area contributed by atoms with E-state index in [-0.39, 0.29) is 5.91 Å². The summed E-state index contributed by atoms with van der Waals surface area (Å²) in [4.78, 5) is 16.4. The summed E-state index contributed by atoms with van der Waals surface area (Å²) in [6.45, 7) is 3.46. The molecule has 1 saturated carbocycles. The number of guanidine groups is 1. The number of carbonyl (C=O) groups is 1. The van der Waals surface area contributed by atoms with Crippen molar-refractivity contribution in [2.45, 2.75) is 44.0 Å². The molecule has 0 bridgehead atoms. The van der Waals surface area contributed by atoms with E-state index < -0.39 is 0 Å². The van der Waals surface area contributed by atoms with Crippen molar-refractivity contribution >= 4 is 23.6 Å². The lowest BCUT2D eigenvalue weighted by Crippen LogP contribution is -2.42. The van der Waals surface area contributed by atoms with E-state index >= 15 is 0 Å². The molecule has 5 nitrogen and oxygen atoms in total. The van der Waals surface area contributed by atoms with Gasteiger partial charge in [0.25, 0.3) is 5.91 Å². The highest BCUT2D eigenvalue weighted by Gasteiger charge is 2.24. The Kier molecular flexibility index (Phi) is 7.43. The van der Waals surface area contributed by atoms with Crippen LogP contribution in [0.4, 0.5) is 0 Å². The minimum atomic E-state index is -0.0695. The van der Waals surface area contributed by atoms with E-state index in [0.29, 0.717) is 18.2 Å². The van der Waals surface area contributed by atoms with Crippen LogP contribution in [0.3, 0.4) is 0 Å². The Bertz CT molecular complexity index is 576. The van der Waals surface area contributed by atoms with Gasteiger partial charge in [-0.25, -0.2) is 4.99 Å². The second-order valence-electron chi connectivity index (χ2n) is 5.99. The van der Waals surface area contributed by atoms with E-state index in [4.69, 9.17) is 0 Å². The number of hydrogen-bond acceptors (Lipinski definition) is 3. The zero-order valence-electron chi connectivity index (χ0n) is 14.8. The van der Waals surface area contributed by atoms with Crippen molar-refractivity contribution in [2.75, 3.05) is 19.8 Å². The van der Waals surface area contributed by atoms with Crippen molar-refractivity contribution in [3.05, 3.63) is 35.4 Å². The largest absolute Gasteiger partial charge is 0.357 e. The van der Waals surface area contributed by atoms with Crippen molar-refractivity contribution in [2.24, 2.45) is 4.99 Å². The summed E-state index contributed by atoms with van der Waals surface area (Å²) in [7, 11) is 1.64. The number of hydrogen-bond donors (Lipinski definition) is 3. The summed E-state index contributed by atoms with van der Waals surface area (Å²) < 4.78 is 0. The number of carbonyl (C=O) groups excluding carboxylic acids is 1. The van der Waals surface area contributed by atoms with Crippen molar-refractivity contribution < 1.29 is 4.79 Å². The number of amides is 1. The van der Waals surface area contributed by atoms with E-state index in [1.54, 1.807) is 7.05 Å². The van der Waals surface area contributed by atoms with E-state index in [1.807, 2.05) is 36.0 Å². The van der Waals surface area contributed by atoms with Crippen LogP contribution in [0.25, 0.3) is 0 Å². The lowest BCUT2D eigenvalue weighted by molar-refractivity contribution is 0.0963. The van der Waals surface area contributed by atoms with Crippen LogP contribution in [-0.4, -0.2) is 43.0 Å². The maximum Gasteiger partial charge on any atom is 0.251 e. The Morgan fingerprint density at radius 1 is 1.38 bits per heavy atom. The maximum atomic E-state index is 11.7. The number of aliphatic imine (C=N–C) groups is 1. The first-order valence-corrected chi connectivity index (χ1v) is 9.83. The molecule has 2 rings (SSSR count). The third-order valence-corrected chi connectivity index (χ3v) is 5.33. The molecule has 2 unspecified atom stereocenters. The Balaban J connectivity index is 1.99. The SMILES string of the molecule is CCNC(=NCc1cccc(C(=O)NC)c1)NC1CCC(SC)C1. The summed E-state index contributed by atoms with van der Waals surface area (Å²) in [5, 5.41) is 10.3. The van der Waals surface area contributed by atoms with Crippen molar-refractivity contribution in [1.82, 2.24) is 16.0 Å². The first-order chi connectivity index (χ1) is 11.7. The van der Waals surface area contributed by atoms with Crippen molar-refractivity contribution in [3.8, 4) is 0 Å². The maximum absolute atomic E-state index is 11.7. The molecule has 0 saturated heterocycles. The van der Waals surface area contributed by atoms with Crippen LogP contribution in [0.5, 0.6) is 0 Å². The monoisotopic (exact) mass is 348 g/mol. The minimum Gasteiger partial charge on any atom is -0.357 e. The smallest absolute Gasteiger partial charge is 0.251 e. The Morgan fingerprint density at radius 2 is 2.21 bits per heavy atom. The van der Waals surface area contributed by atoms with E-state index in [1.165, 1.54) is 19.3 Å². The van der Waals surface area contributed by atoms with E-state index in [9.17, 15) is 4.79 Å². The lowest BCUT2D eigenvalue weighted by atomic mass is 10.1. The van der Waals surface area contributed by atoms with Gasteiger partial charge < -0.3 is 16.0 Å². The highest BCUT2D eigenvalue weighted by Crippen LogP contribution is 2.28. The highest BCUT2D eigenvalue weighted by molar-refractivity contribution is 7.99. The molecule has 2 atom stereocenters. The Labute approximate surface area is 149 Å². The van der Waals surface area contributed by atoms with Gasteiger partial charge in [-0.05, 0) is 50.1 Å². The number of thioether (sulfide) groups is 1. The van der Waals surface area contributed by atoms with Gasteiger partial charge in [0.05, 0.1) is 6.54 Å². The molecule has 1 aliphatic carbocycles. The molecule has 1 aromatic rings. The Morgan fingerprint density at radius 3 is 2.88 bits per heavy atom. The standard InChI is InChI=1S/C18H28N4OS/c1-4-20-18(22-15-8-9-16(11-15)24-3)21-12-13-6-5-7-14(10-13)17(23)19-2/h5-7,10,15-16H,4,8-9,11-12H2,1-3H3,(H,19,23)(H2,20,21,22). The van der Waals surface area contributed by atoms with Crippen LogP contribution in [-0.2, 0) is 6.54 Å². The highest BCUT2D eigenvalue weighted by atomic mass is 32.2. The molecule has 3 N–H and O–H groups in total. The molecule has 0 aromatic heterocycles. The molecule has 0 spiro atoms. The first kappa shape index (κ1) is 18.6. The summed E-state index contributed by atoms with van der Waals surface area (Å²) in [5.74, 6) is 0.787. The molecule has 0 heterocycles. The van der Waals surface area contributed by atoms with E-state index in [2.05, 4.69) is 34.1 Å². The van der Waals surface area contributed by atoms with Gasteiger partial charge in [-0.3, -0.25) is 4.79 Å². The second kappa shape index (κ2) is 9.57. The van der Waals surface area contributed by atoms with Crippen molar-refractivity contribution in [1.29, 1.82) is 0 Å². The zero-order valence-corrected chi connectivity index (χ0v) is 15.6. The van der Waals surface area contributed by atoms with Crippen molar-refractivity contribution in [3.63, 3.8) is 0 Å². The number of nitrogens with zero attached hydrogens (tertiary/aromatic N) is 1. The van der Waals surface area contributed by atoms with Gasteiger partial charge in [0, 0.05) is 30.4 Å². The fourth-order valence-electron chi connectivity index (χ4n) is 2.92. The summed E-state index contributed by atoms with van der Waals surface area (Å²) in [6, 6.07) is 8.11. The third kappa shape index (κ3) is 5.44. The van der Waals surface area contributed by atoms with Crippen LogP contribution in [0.2, 0.25) is 0 Å². The topological polar surface area (TPSA) is 65.5 Å². The van der Waals surface area contributed by atoms with Gasteiger partial charge in [-0.1, -0.05) is 12.1 Å². The quantitative estimate of drug-likeness (QED) is 0.545. The number of nitrogens with one attached hydrogen (secondary N) is 3. The molecule has 6 heteroatoms. The van der Waals surface area contributed by atoms with Gasteiger partial charge in [0.2, 0.25) is 0 Å². The fourth-order valence-corrected chi connectivity index (χ4v) is 3.72. The molecule has 1 aromatic carbocycles. The fraction of sp³-hybridized carbons (Fsp3) is 0.556.